The third-order valence-corrected chi connectivity index (χ3v) is 3.24. The Balaban J connectivity index is 2.17. The SMILES string of the molecule is C=CCNC(=O)Nc1nc2c(Cl)cccc2s1. The normalized spacial score (nSPS) is 10.2. The van der Waals surface area contributed by atoms with Crippen molar-refractivity contribution < 1.29 is 4.79 Å². The molecular weight excluding hydrogens is 258 g/mol. The number of aromatic nitrogens is 1. The average molecular weight is 268 g/mol. The van der Waals surface area contributed by atoms with Crippen molar-refractivity contribution in [1.82, 2.24) is 10.3 Å². The summed E-state index contributed by atoms with van der Waals surface area (Å²) in [5.74, 6) is 0. The van der Waals surface area contributed by atoms with E-state index in [-0.39, 0.29) is 6.03 Å². The van der Waals surface area contributed by atoms with Gasteiger partial charge >= 0.3 is 6.03 Å². The highest BCUT2D eigenvalue weighted by Crippen LogP contribution is 2.30. The van der Waals surface area contributed by atoms with E-state index >= 15 is 0 Å². The first-order valence-corrected chi connectivity index (χ1v) is 6.11. The number of benzene rings is 1. The van der Waals surface area contributed by atoms with E-state index in [1.165, 1.54) is 11.3 Å². The number of carbonyl (C=O) groups excluding carboxylic acids is 1. The van der Waals surface area contributed by atoms with Gasteiger partial charge in [-0.05, 0) is 12.1 Å². The van der Waals surface area contributed by atoms with Crippen LogP contribution in [-0.2, 0) is 0 Å². The van der Waals surface area contributed by atoms with E-state index in [0.29, 0.717) is 22.2 Å². The van der Waals surface area contributed by atoms with Gasteiger partial charge < -0.3 is 5.32 Å². The fourth-order valence-electron chi connectivity index (χ4n) is 1.27. The lowest BCUT2D eigenvalue weighted by Crippen LogP contribution is -2.28. The molecule has 6 heteroatoms. The van der Waals surface area contributed by atoms with Gasteiger partial charge in [-0.3, -0.25) is 5.32 Å². The number of halogens is 1. The van der Waals surface area contributed by atoms with Crippen LogP contribution in [0.15, 0.2) is 30.9 Å². The maximum absolute atomic E-state index is 11.4. The van der Waals surface area contributed by atoms with Crippen LogP contribution in [0.2, 0.25) is 5.02 Å². The molecule has 0 unspecified atom stereocenters. The largest absolute Gasteiger partial charge is 0.334 e. The number of carbonyl (C=O) groups is 1. The maximum atomic E-state index is 11.4. The Hall–Kier alpha value is -1.59. The van der Waals surface area contributed by atoms with Crippen LogP contribution in [-0.4, -0.2) is 17.6 Å². The Morgan fingerprint density at radius 1 is 1.59 bits per heavy atom. The molecule has 1 aromatic heterocycles. The fraction of sp³-hybridized carbons (Fsp3) is 0.0909. The lowest BCUT2D eigenvalue weighted by Gasteiger charge is -2.00. The summed E-state index contributed by atoms with van der Waals surface area (Å²) in [6.07, 6.45) is 1.61. The topological polar surface area (TPSA) is 54.0 Å². The first-order chi connectivity index (χ1) is 8.20. The van der Waals surface area contributed by atoms with Gasteiger partial charge in [-0.25, -0.2) is 9.78 Å². The van der Waals surface area contributed by atoms with Gasteiger partial charge in [0.1, 0.15) is 5.52 Å². The molecule has 0 atom stereocenters. The second-order valence-electron chi connectivity index (χ2n) is 3.23. The number of nitrogens with one attached hydrogen (secondary N) is 2. The predicted molar refractivity (Wildman–Crippen MR) is 71.8 cm³/mol. The molecule has 1 heterocycles. The maximum Gasteiger partial charge on any atom is 0.321 e. The summed E-state index contributed by atoms with van der Waals surface area (Å²) < 4.78 is 0.941. The zero-order valence-electron chi connectivity index (χ0n) is 8.87. The van der Waals surface area contributed by atoms with Gasteiger partial charge in [0.2, 0.25) is 0 Å². The van der Waals surface area contributed by atoms with Crippen LogP contribution in [0, 0.1) is 0 Å². The molecule has 0 radical (unpaired) electrons. The van der Waals surface area contributed by atoms with Gasteiger partial charge in [0.05, 0.1) is 9.72 Å². The van der Waals surface area contributed by atoms with Gasteiger partial charge in [0.25, 0.3) is 0 Å². The number of rotatable bonds is 3. The van der Waals surface area contributed by atoms with Crippen molar-refractivity contribution in [2.24, 2.45) is 0 Å². The molecule has 0 saturated heterocycles. The lowest BCUT2D eigenvalue weighted by atomic mass is 10.3. The average Bonchev–Trinajstić information content (AvgIpc) is 2.70. The quantitative estimate of drug-likeness (QED) is 0.839. The molecule has 0 aliphatic rings. The number of hydrogen-bond donors (Lipinski definition) is 2. The van der Waals surface area contributed by atoms with E-state index in [0.717, 1.165) is 4.70 Å². The molecule has 0 saturated carbocycles. The molecule has 0 spiro atoms. The molecule has 17 heavy (non-hydrogen) atoms. The minimum absolute atomic E-state index is 0.305. The third kappa shape index (κ3) is 2.75. The van der Waals surface area contributed by atoms with E-state index < -0.39 is 0 Å². The van der Waals surface area contributed by atoms with Crippen LogP contribution in [0.5, 0.6) is 0 Å². The Morgan fingerprint density at radius 3 is 3.12 bits per heavy atom. The van der Waals surface area contributed by atoms with Crippen molar-refractivity contribution in [2.75, 3.05) is 11.9 Å². The minimum Gasteiger partial charge on any atom is -0.334 e. The number of urea groups is 1. The van der Waals surface area contributed by atoms with Gasteiger partial charge in [-0.15, -0.1) is 6.58 Å². The zero-order chi connectivity index (χ0) is 12.3. The number of amides is 2. The van der Waals surface area contributed by atoms with Crippen LogP contribution in [0.3, 0.4) is 0 Å². The minimum atomic E-state index is -0.305. The molecule has 2 aromatic rings. The summed E-state index contributed by atoms with van der Waals surface area (Å²) in [5.41, 5.74) is 0.707. The fourth-order valence-corrected chi connectivity index (χ4v) is 2.44. The summed E-state index contributed by atoms with van der Waals surface area (Å²) in [5, 5.41) is 6.35. The van der Waals surface area contributed by atoms with Crippen molar-refractivity contribution >= 4 is 44.3 Å². The molecule has 4 nitrogen and oxygen atoms in total. The summed E-state index contributed by atoms with van der Waals surface area (Å²) in [7, 11) is 0. The zero-order valence-corrected chi connectivity index (χ0v) is 10.4. The van der Waals surface area contributed by atoms with Crippen LogP contribution < -0.4 is 10.6 Å². The van der Waals surface area contributed by atoms with Crippen LogP contribution in [0.1, 0.15) is 0 Å². The second-order valence-corrected chi connectivity index (χ2v) is 4.67. The van der Waals surface area contributed by atoms with Crippen LogP contribution >= 0.6 is 22.9 Å². The first kappa shape index (κ1) is 11.9. The molecule has 0 aliphatic carbocycles. The Bertz CT molecular complexity index is 567. The molecule has 0 fully saturated rings. The lowest BCUT2D eigenvalue weighted by molar-refractivity contribution is 0.253. The predicted octanol–water partition coefficient (Wildman–Crippen LogP) is 3.26. The Labute approximate surface area is 107 Å². The Morgan fingerprint density at radius 2 is 2.41 bits per heavy atom. The van der Waals surface area contributed by atoms with Crippen LogP contribution in [0.4, 0.5) is 9.93 Å². The molecule has 2 N–H and O–H groups in total. The van der Waals surface area contributed by atoms with E-state index in [9.17, 15) is 4.79 Å². The number of thiazole rings is 1. The van der Waals surface area contributed by atoms with Gasteiger partial charge in [-0.2, -0.15) is 0 Å². The van der Waals surface area contributed by atoms with E-state index in [4.69, 9.17) is 11.6 Å². The molecule has 2 amide bonds. The Kier molecular flexibility index (Phi) is 3.61. The van der Waals surface area contributed by atoms with Gasteiger partial charge in [-0.1, -0.05) is 35.1 Å². The third-order valence-electron chi connectivity index (χ3n) is 2.00. The highest BCUT2D eigenvalue weighted by molar-refractivity contribution is 7.22. The molecule has 2 rings (SSSR count). The van der Waals surface area contributed by atoms with Crippen molar-refractivity contribution in [3.05, 3.63) is 35.9 Å². The molecular formula is C11H10ClN3OS. The van der Waals surface area contributed by atoms with Crippen molar-refractivity contribution in [3.8, 4) is 0 Å². The summed E-state index contributed by atoms with van der Waals surface area (Å²) in [6, 6.07) is 5.22. The molecule has 0 aliphatic heterocycles. The van der Waals surface area contributed by atoms with Crippen molar-refractivity contribution in [2.45, 2.75) is 0 Å². The highest BCUT2D eigenvalue weighted by Gasteiger charge is 2.08. The van der Waals surface area contributed by atoms with E-state index in [1.54, 1.807) is 12.1 Å². The van der Waals surface area contributed by atoms with Gasteiger partial charge in [0.15, 0.2) is 5.13 Å². The first-order valence-electron chi connectivity index (χ1n) is 4.91. The number of hydrogen-bond acceptors (Lipinski definition) is 3. The smallest absolute Gasteiger partial charge is 0.321 e. The second kappa shape index (κ2) is 5.16. The summed E-state index contributed by atoms with van der Waals surface area (Å²) in [4.78, 5) is 15.6. The van der Waals surface area contributed by atoms with Gasteiger partial charge in [0, 0.05) is 6.54 Å². The summed E-state index contributed by atoms with van der Waals surface area (Å²) in [6.45, 7) is 3.93. The summed E-state index contributed by atoms with van der Waals surface area (Å²) >= 11 is 7.37. The number of fused-ring (bicyclic) bond motifs is 1. The number of para-hydroxylation sites is 1. The molecule has 88 valence electrons. The van der Waals surface area contributed by atoms with Crippen LogP contribution in [0.25, 0.3) is 10.2 Å². The standard InChI is InChI=1S/C11H10ClN3OS/c1-2-6-13-10(16)15-11-14-9-7(12)4-3-5-8(9)17-11/h2-5H,1,6H2,(H2,13,14,15,16). The van der Waals surface area contributed by atoms with E-state index in [2.05, 4.69) is 22.2 Å². The van der Waals surface area contributed by atoms with E-state index in [1.807, 2.05) is 12.1 Å². The van der Waals surface area contributed by atoms with Crippen molar-refractivity contribution in [3.63, 3.8) is 0 Å². The number of anilines is 1. The monoisotopic (exact) mass is 267 g/mol. The molecule has 0 bridgehead atoms. The van der Waals surface area contributed by atoms with Crippen molar-refractivity contribution in [1.29, 1.82) is 0 Å². The molecule has 1 aromatic carbocycles. The highest BCUT2D eigenvalue weighted by atomic mass is 35.5. The number of nitrogens with zero attached hydrogens (tertiary/aromatic N) is 1.